The fourth-order valence-electron chi connectivity index (χ4n) is 1.44. The van der Waals surface area contributed by atoms with Crippen LogP contribution in [0.5, 0.6) is 0 Å². The van der Waals surface area contributed by atoms with E-state index in [0.29, 0.717) is 29.6 Å². The van der Waals surface area contributed by atoms with Crippen molar-refractivity contribution in [3.8, 4) is 0 Å². The molecule has 5 nitrogen and oxygen atoms in total. The van der Waals surface area contributed by atoms with Gasteiger partial charge >= 0.3 is 0 Å². The van der Waals surface area contributed by atoms with E-state index in [0.717, 1.165) is 6.54 Å². The van der Waals surface area contributed by atoms with Crippen LogP contribution in [-0.2, 0) is 10.8 Å². The van der Waals surface area contributed by atoms with Gasteiger partial charge < -0.3 is 10.6 Å². The molecule has 0 bridgehead atoms. The predicted octanol–water partition coefficient (Wildman–Crippen LogP) is 1.67. The molecule has 0 aliphatic rings. The number of carbonyl (C=O) groups is 1. The molecule has 1 atom stereocenters. The van der Waals surface area contributed by atoms with E-state index >= 15 is 0 Å². The zero-order chi connectivity index (χ0) is 14.3. The van der Waals surface area contributed by atoms with Crippen LogP contribution in [0.25, 0.3) is 0 Å². The van der Waals surface area contributed by atoms with Crippen LogP contribution in [-0.4, -0.2) is 40.2 Å². The summed E-state index contributed by atoms with van der Waals surface area (Å²) < 4.78 is 10.9. The van der Waals surface area contributed by atoms with Crippen molar-refractivity contribution in [2.24, 2.45) is 0 Å². The molecule has 0 saturated carbocycles. The second kappa shape index (κ2) is 8.12. The molecule has 0 aliphatic carbocycles. The maximum atomic E-state index is 11.9. The molecule has 19 heavy (non-hydrogen) atoms. The number of carbonyl (C=O) groups excluding carboxylic acids is 1. The van der Waals surface area contributed by atoms with Gasteiger partial charge in [-0.3, -0.25) is 9.00 Å². The summed E-state index contributed by atoms with van der Waals surface area (Å²) in [5.74, 6) is 0.872. The van der Waals surface area contributed by atoms with Crippen molar-refractivity contribution in [3.05, 3.63) is 22.8 Å². The van der Waals surface area contributed by atoms with E-state index in [4.69, 9.17) is 11.6 Å². The van der Waals surface area contributed by atoms with Crippen LogP contribution in [0.2, 0.25) is 5.02 Å². The number of hydrogen-bond donors (Lipinski definition) is 2. The largest absolute Gasteiger partial charge is 0.370 e. The molecular weight excluding hydrogens is 286 g/mol. The van der Waals surface area contributed by atoms with Crippen LogP contribution in [0.3, 0.4) is 0 Å². The minimum absolute atomic E-state index is 0.206. The molecule has 0 aliphatic heterocycles. The molecule has 1 unspecified atom stereocenters. The van der Waals surface area contributed by atoms with E-state index in [-0.39, 0.29) is 11.6 Å². The van der Waals surface area contributed by atoms with Gasteiger partial charge in [0.05, 0.1) is 5.02 Å². The van der Waals surface area contributed by atoms with Crippen LogP contribution in [0.4, 0.5) is 5.82 Å². The van der Waals surface area contributed by atoms with Gasteiger partial charge in [0.1, 0.15) is 11.5 Å². The third-order valence-electron chi connectivity index (χ3n) is 2.31. The minimum Gasteiger partial charge on any atom is -0.370 e. The molecule has 0 spiro atoms. The second-order valence-electron chi connectivity index (χ2n) is 3.94. The standard InChI is InChI=1S/C12H18ClN3O2S/c1-3-14-10-6-5-9(13)11(16-10)12(17)15-7-4-8-19(2)18/h5-6H,3-4,7-8H2,1-2H3,(H,14,16)(H,15,17). The monoisotopic (exact) mass is 303 g/mol. The Bertz CT molecular complexity index is 468. The number of pyridine rings is 1. The third-order valence-corrected chi connectivity index (χ3v) is 3.48. The molecular formula is C12H18ClN3O2S. The van der Waals surface area contributed by atoms with E-state index in [1.165, 1.54) is 0 Å². The SMILES string of the molecule is CCNc1ccc(Cl)c(C(=O)NCCCS(C)=O)n1. The normalized spacial score (nSPS) is 11.9. The molecule has 0 fully saturated rings. The summed E-state index contributed by atoms with van der Waals surface area (Å²) in [5.41, 5.74) is 0.206. The van der Waals surface area contributed by atoms with Gasteiger partial charge in [-0.25, -0.2) is 4.98 Å². The average Bonchev–Trinajstić information content (AvgIpc) is 2.36. The molecule has 0 aromatic carbocycles. The van der Waals surface area contributed by atoms with Crippen molar-refractivity contribution in [1.29, 1.82) is 0 Å². The quantitative estimate of drug-likeness (QED) is 0.752. The molecule has 1 aromatic heterocycles. The third kappa shape index (κ3) is 5.57. The van der Waals surface area contributed by atoms with Gasteiger partial charge in [0.2, 0.25) is 0 Å². The van der Waals surface area contributed by atoms with Gasteiger partial charge in [-0.05, 0) is 25.5 Å². The maximum Gasteiger partial charge on any atom is 0.271 e. The first-order valence-corrected chi connectivity index (χ1v) is 8.13. The fraction of sp³-hybridized carbons (Fsp3) is 0.500. The minimum atomic E-state index is -0.839. The summed E-state index contributed by atoms with van der Waals surface area (Å²) >= 11 is 5.95. The lowest BCUT2D eigenvalue weighted by molar-refractivity contribution is 0.0949. The summed E-state index contributed by atoms with van der Waals surface area (Å²) in [6, 6.07) is 3.37. The highest BCUT2D eigenvalue weighted by Gasteiger charge is 2.12. The predicted molar refractivity (Wildman–Crippen MR) is 79.3 cm³/mol. The molecule has 7 heteroatoms. The number of rotatable bonds is 7. The lowest BCUT2D eigenvalue weighted by Gasteiger charge is -2.08. The number of halogens is 1. The zero-order valence-electron chi connectivity index (χ0n) is 11.0. The van der Waals surface area contributed by atoms with Gasteiger partial charge in [-0.15, -0.1) is 0 Å². The van der Waals surface area contributed by atoms with Crippen LogP contribution in [0, 0.1) is 0 Å². The zero-order valence-corrected chi connectivity index (χ0v) is 12.6. The van der Waals surface area contributed by atoms with Crippen molar-refractivity contribution in [2.75, 3.05) is 30.4 Å². The number of amides is 1. The summed E-state index contributed by atoms with van der Waals surface area (Å²) in [5, 5.41) is 6.06. The molecule has 2 N–H and O–H groups in total. The number of nitrogens with zero attached hydrogens (tertiary/aromatic N) is 1. The molecule has 1 amide bonds. The van der Waals surface area contributed by atoms with Crippen LogP contribution in [0.1, 0.15) is 23.8 Å². The first-order valence-electron chi connectivity index (χ1n) is 6.03. The number of nitrogens with one attached hydrogen (secondary N) is 2. The van der Waals surface area contributed by atoms with Gasteiger partial charge in [0, 0.05) is 35.9 Å². The Morgan fingerprint density at radius 2 is 2.21 bits per heavy atom. The van der Waals surface area contributed by atoms with Crippen molar-refractivity contribution >= 4 is 34.1 Å². The van der Waals surface area contributed by atoms with Crippen molar-refractivity contribution in [3.63, 3.8) is 0 Å². The summed E-state index contributed by atoms with van der Waals surface area (Å²) in [6.07, 6.45) is 2.31. The van der Waals surface area contributed by atoms with E-state index in [9.17, 15) is 9.00 Å². The van der Waals surface area contributed by atoms with Gasteiger partial charge in [0.25, 0.3) is 5.91 Å². The highest BCUT2D eigenvalue weighted by Crippen LogP contribution is 2.16. The first kappa shape index (κ1) is 15.9. The Morgan fingerprint density at radius 3 is 2.84 bits per heavy atom. The van der Waals surface area contributed by atoms with E-state index in [1.807, 2.05) is 6.92 Å². The second-order valence-corrected chi connectivity index (χ2v) is 5.91. The summed E-state index contributed by atoms with van der Waals surface area (Å²) in [6.45, 7) is 3.13. The van der Waals surface area contributed by atoms with Crippen molar-refractivity contribution in [2.45, 2.75) is 13.3 Å². The Labute approximate surface area is 120 Å². The van der Waals surface area contributed by atoms with E-state index < -0.39 is 10.8 Å². The highest BCUT2D eigenvalue weighted by molar-refractivity contribution is 7.84. The Hall–Kier alpha value is -1.14. The summed E-state index contributed by atoms with van der Waals surface area (Å²) in [4.78, 5) is 16.1. The molecule has 1 heterocycles. The number of anilines is 1. The van der Waals surface area contributed by atoms with Crippen LogP contribution >= 0.6 is 11.6 Å². The number of aromatic nitrogens is 1. The first-order chi connectivity index (χ1) is 9.04. The molecule has 0 saturated heterocycles. The van der Waals surface area contributed by atoms with Crippen molar-refractivity contribution in [1.82, 2.24) is 10.3 Å². The smallest absolute Gasteiger partial charge is 0.271 e. The van der Waals surface area contributed by atoms with Gasteiger partial charge in [-0.1, -0.05) is 11.6 Å². The Kier molecular flexibility index (Phi) is 6.80. The molecule has 106 valence electrons. The molecule has 1 rings (SSSR count). The topological polar surface area (TPSA) is 71.1 Å². The number of hydrogen-bond acceptors (Lipinski definition) is 4. The summed E-state index contributed by atoms with van der Waals surface area (Å²) in [7, 11) is -0.839. The average molecular weight is 304 g/mol. The fourth-order valence-corrected chi connectivity index (χ4v) is 2.18. The van der Waals surface area contributed by atoms with E-state index in [2.05, 4.69) is 15.6 Å². The Morgan fingerprint density at radius 1 is 1.47 bits per heavy atom. The van der Waals surface area contributed by atoms with Crippen LogP contribution < -0.4 is 10.6 Å². The van der Waals surface area contributed by atoms with Gasteiger partial charge in [-0.2, -0.15) is 0 Å². The van der Waals surface area contributed by atoms with Crippen molar-refractivity contribution < 1.29 is 9.00 Å². The molecule has 1 aromatic rings. The van der Waals surface area contributed by atoms with Gasteiger partial charge in [0.15, 0.2) is 0 Å². The lowest BCUT2D eigenvalue weighted by atomic mass is 10.3. The molecule has 0 radical (unpaired) electrons. The lowest BCUT2D eigenvalue weighted by Crippen LogP contribution is -2.26. The van der Waals surface area contributed by atoms with E-state index in [1.54, 1.807) is 18.4 Å². The Balaban J connectivity index is 2.60. The van der Waals surface area contributed by atoms with Crippen LogP contribution in [0.15, 0.2) is 12.1 Å². The highest BCUT2D eigenvalue weighted by atomic mass is 35.5. The maximum absolute atomic E-state index is 11.9.